The van der Waals surface area contributed by atoms with E-state index >= 15 is 0 Å². The maximum absolute atomic E-state index is 4.36. The number of nitrogens with zero attached hydrogens (tertiary/aromatic N) is 4. The summed E-state index contributed by atoms with van der Waals surface area (Å²) >= 11 is 0. The fourth-order valence-electron chi connectivity index (χ4n) is 1.48. The van der Waals surface area contributed by atoms with Gasteiger partial charge in [-0.2, -0.15) is 10.1 Å². The van der Waals surface area contributed by atoms with Gasteiger partial charge in [0, 0.05) is 25.0 Å². The second kappa shape index (κ2) is 6.63. The lowest BCUT2D eigenvalue weighted by molar-refractivity contribution is 0.755. The third-order valence-electron chi connectivity index (χ3n) is 2.77. The van der Waals surface area contributed by atoms with Gasteiger partial charge in [-0.15, -0.1) is 5.10 Å². The standard InChI is InChI=1S/C13H18N6/c1-3-10(2)17-12-9-16-19-13(18-12)15-8-11-4-6-14-7-5-11/h4-7,9-10H,3,8H2,1-2H3,(H2,15,17,18,19). The Morgan fingerprint density at radius 2 is 2.05 bits per heavy atom. The Labute approximate surface area is 112 Å². The topological polar surface area (TPSA) is 75.6 Å². The lowest BCUT2D eigenvalue weighted by Crippen LogP contribution is -2.16. The van der Waals surface area contributed by atoms with E-state index in [2.05, 4.69) is 44.6 Å². The monoisotopic (exact) mass is 258 g/mol. The second-order valence-electron chi connectivity index (χ2n) is 4.33. The molecule has 6 heteroatoms. The molecule has 0 aliphatic rings. The zero-order chi connectivity index (χ0) is 13.5. The minimum atomic E-state index is 0.366. The summed E-state index contributed by atoms with van der Waals surface area (Å²) in [6.07, 6.45) is 6.18. The maximum Gasteiger partial charge on any atom is 0.244 e. The molecule has 0 radical (unpaired) electrons. The van der Waals surface area contributed by atoms with Gasteiger partial charge in [-0.1, -0.05) is 6.92 Å². The van der Waals surface area contributed by atoms with Crippen LogP contribution in [0.3, 0.4) is 0 Å². The van der Waals surface area contributed by atoms with Gasteiger partial charge in [0.1, 0.15) is 0 Å². The molecule has 1 unspecified atom stereocenters. The summed E-state index contributed by atoms with van der Waals surface area (Å²) in [6.45, 7) is 4.87. The SMILES string of the molecule is CCC(C)Nc1cnnc(NCc2ccncc2)n1. The van der Waals surface area contributed by atoms with Crippen molar-refractivity contribution in [2.24, 2.45) is 0 Å². The zero-order valence-corrected chi connectivity index (χ0v) is 11.2. The van der Waals surface area contributed by atoms with Gasteiger partial charge in [0.2, 0.25) is 5.95 Å². The van der Waals surface area contributed by atoms with Crippen molar-refractivity contribution < 1.29 is 0 Å². The lowest BCUT2D eigenvalue weighted by atomic mass is 10.3. The van der Waals surface area contributed by atoms with Crippen LogP contribution >= 0.6 is 0 Å². The van der Waals surface area contributed by atoms with Crippen LogP contribution in [0, 0.1) is 0 Å². The molecule has 0 saturated carbocycles. The summed E-state index contributed by atoms with van der Waals surface area (Å²) in [5.74, 6) is 1.26. The molecule has 0 spiro atoms. The highest BCUT2D eigenvalue weighted by molar-refractivity contribution is 5.38. The number of anilines is 2. The molecule has 0 aromatic carbocycles. The van der Waals surface area contributed by atoms with E-state index in [4.69, 9.17) is 0 Å². The van der Waals surface area contributed by atoms with E-state index < -0.39 is 0 Å². The molecule has 0 amide bonds. The van der Waals surface area contributed by atoms with Crippen LogP contribution in [0.1, 0.15) is 25.8 Å². The number of aromatic nitrogens is 4. The summed E-state index contributed by atoms with van der Waals surface area (Å²) in [5.41, 5.74) is 1.12. The van der Waals surface area contributed by atoms with Crippen molar-refractivity contribution in [2.45, 2.75) is 32.9 Å². The molecular weight excluding hydrogens is 240 g/mol. The van der Waals surface area contributed by atoms with Gasteiger partial charge in [0.15, 0.2) is 5.82 Å². The Morgan fingerprint density at radius 1 is 1.26 bits per heavy atom. The average Bonchev–Trinajstić information content (AvgIpc) is 2.46. The Hall–Kier alpha value is -2.24. The molecule has 0 bridgehead atoms. The summed E-state index contributed by atoms with van der Waals surface area (Å²) in [7, 11) is 0. The quantitative estimate of drug-likeness (QED) is 0.826. The molecule has 100 valence electrons. The minimum absolute atomic E-state index is 0.366. The van der Waals surface area contributed by atoms with E-state index in [1.807, 2.05) is 12.1 Å². The van der Waals surface area contributed by atoms with Crippen LogP contribution in [0.25, 0.3) is 0 Å². The highest BCUT2D eigenvalue weighted by atomic mass is 15.3. The normalized spacial score (nSPS) is 11.9. The fourth-order valence-corrected chi connectivity index (χ4v) is 1.48. The first-order valence-corrected chi connectivity index (χ1v) is 6.37. The van der Waals surface area contributed by atoms with Crippen molar-refractivity contribution in [2.75, 3.05) is 10.6 Å². The van der Waals surface area contributed by atoms with Crippen molar-refractivity contribution in [1.29, 1.82) is 0 Å². The lowest BCUT2D eigenvalue weighted by Gasteiger charge is -2.12. The third-order valence-corrected chi connectivity index (χ3v) is 2.77. The summed E-state index contributed by atoms with van der Waals surface area (Å²) in [6, 6.07) is 4.26. The maximum atomic E-state index is 4.36. The summed E-state index contributed by atoms with van der Waals surface area (Å²) in [4.78, 5) is 8.34. The van der Waals surface area contributed by atoms with Crippen LogP contribution in [-0.4, -0.2) is 26.2 Å². The van der Waals surface area contributed by atoms with Gasteiger partial charge < -0.3 is 10.6 Å². The Morgan fingerprint density at radius 3 is 2.79 bits per heavy atom. The number of pyridine rings is 1. The average molecular weight is 258 g/mol. The molecule has 0 aliphatic heterocycles. The molecule has 0 aliphatic carbocycles. The van der Waals surface area contributed by atoms with E-state index in [9.17, 15) is 0 Å². The van der Waals surface area contributed by atoms with E-state index in [1.54, 1.807) is 18.6 Å². The summed E-state index contributed by atoms with van der Waals surface area (Å²) < 4.78 is 0. The van der Waals surface area contributed by atoms with E-state index in [-0.39, 0.29) is 0 Å². The van der Waals surface area contributed by atoms with Gasteiger partial charge in [0.25, 0.3) is 0 Å². The zero-order valence-electron chi connectivity index (χ0n) is 11.2. The molecular formula is C13H18N6. The number of hydrogen-bond acceptors (Lipinski definition) is 6. The van der Waals surface area contributed by atoms with E-state index in [0.717, 1.165) is 17.8 Å². The van der Waals surface area contributed by atoms with Crippen LogP contribution in [-0.2, 0) is 6.54 Å². The molecule has 6 nitrogen and oxygen atoms in total. The predicted octanol–water partition coefficient (Wildman–Crippen LogP) is 2.09. The Balaban J connectivity index is 1.95. The molecule has 0 saturated heterocycles. The predicted molar refractivity (Wildman–Crippen MR) is 74.8 cm³/mol. The minimum Gasteiger partial charge on any atom is -0.366 e. The molecule has 2 N–H and O–H groups in total. The molecule has 2 heterocycles. The van der Waals surface area contributed by atoms with Crippen molar-refractivity contribution in [3.05, 3.63) is 36.3 Å². The highest BCUT2D eigenvalue weighted by Crippen LogP contribution is 2.07. The molecule has 2 rings (SSSR count). The number of hydrogen-bond donors (Lipinski definition) is 2. The first-order chi connectivity index (χ1) is 9.28. The van der Waals surface area contributed by atoms with Crippen molar-refractivity contribution >= 4 is 11.8 Å². The first-order valence-electron chi connectivity index (χ1n) is 6.37. The number of rotatable bonds is 6. The van der Waals surface area contributed by atoms with Gasteiger partial charge in [-0.25, -0.2) is 0 Å². The van der Waals surface area contributed by atoms with Crippen LogP contribution in [0.15, 0.2) is 30.7 Å². The van der Waals surface area contributed by atoms with Crippen molar-refractivity contribution in [1.82, 2.24) is 20.2 Å². The molecule has 1 atom stereocenters. The Bertz CT molecular complexity index is 501. The van der Waals surface area contributed by atoms with Gasteiger partial charge in [-0.3, -0.25) is 4.98 Å². The fraction of sp³-hybridized carbons (Fsp3) is 0.385. The first kappa shape index (κ1) is 13.2. The van der Waals surface area contributed by atoms with Gasteiger partial charge in [-0.05, 0) is 31.0 Å². The molecule has 0 fully saturated rings. The highest BCUT2D eigenvalue weighted by Gasteiger charge is 2.03. The second-order valence-corrected chi connectivity index (χ2v) is 4.33. The molecule has 2 aromatic rings. The van der Waals surface area contributed by atoms with E-state index in [1.165, 1.54) is 0 Å². The Kier molecular flexibility index (Phi) is 4.60. The largest absolute Gasteiger partial charge is 0.366 e. The summed E-state index contributed by atoms with van der Waals surface area (Å²) in [5, 5.41) is 14.3. The van der Waals surface area contributed by atoms with E-state index in [0.29, 0.717) is 18.5 Å². The van der Waals surface area contributed by atoms with Gasteiger partial charge in [0.05, 0.1) is 6.20 Å². The molecule has 19 heavy (non-hydrogen) atoms. The molecule has 2 aromatic heterocycles. The number of nitrogens with one attached hydrogen (secondary N) is 2. The van der Waals surface area contributed by atoms with Crippen LogP contribution in [0.4, 0.5) is 11.8 Å². The van der Waals surface area contributed by atoms with Gasteiger partial charge >= 0.3 is 0 Å². The van der Waals surface area contributed by atoms with Crippen molar-refractivity contribution in [3.63, 3.8) is 0 Å². The van der Waals surface area contributed by atoms with Crippen LogP contribution in [0.5, 0.6) is 0 Å². The third kappa shape index (κ3) is 4.17. The van der Waals surface area contributed by atoms with Crippen LogP contribution in [0.2, 0.25) is 0 Å². The van der Waals surface area contributed by atoms with Crippen molar-refractivity contribution in [3.8, 4) is 0 Å². The van der Waals surface area contributed by atoms with Crippen LogP contribution < -0.4 is 10.6 Å². The smallest absolute Gasteiger partial charge is 0.244 e.